The smallest absolute Gasteiger partial charge is 0.234 e. The van der Waals surface area contributed by atoms with E-state index in [1.54, 1.807) is 0 Å². The van der Waals surface area contributed by atoms with Crippen molar-refractivity contribution >= 4 is 45.7 Å². The van der Waals surface area contributed by atoms with E-state index in [9.17, 15) is 9.59 Å². The molecule has 5 heteroatoms. The van der Waals surface area contributed by atoms with E-state index in [-0.39, 0.29) is 11.8 Å². The summed E-state index contributed by atoms with van der Waals surface area (Å²) in [5, 5.41) is 8.10. The molecule has 3 aromatic carbocycles. The second-order valence-corrected chi connectivity index (χ2v) is 7.63. The molecule has 3 aromatic rings. The third-order valence-corrected chi connectivity index (χ3v) is 5.27. The van der Waals surface area contributed by atoms with E-state index in [1.165, 1.54) is 11.8 Å². The standard InChI is InChI=1S/C23H24N2O2S/c1-2-3-11-22(26)24-19-9-6-10-21(15-19)28-16-23(27)25-20-13-12-17-7-4-5-8-18(17)14-20/h4-10,12-15H,2-3,11,16H2,1H3,(H,24,26)(H,25,27). The second kappa shape index (κ2) is 9.95. The van der Waals surface area contributed by atoms with Crippen LogP contribution in [-0.4, -0.2) is 17.6 Å². The van der Waals surface area contributed by atoms with Gasteiger partial charge in [0.05, 0.1) is 5.75 Å². The average Bonchev–Trinajstić information content (AvgIpc) is 2.71. The van der Waals surface area contributed by atoms with Crippen LogP contribution >= 0.6 is 11.8 Å². The molecule has 2 amide bonds. The van der Waals surface area contributed by atoms with Crippen molar-refractivity contribution in [3.63, 3.8) is 0 Å². The zero-order valence-corrected chi connectivity index (χ0v) is 16.7. The maximum atomic E-state index is 12.3. The predicted octanol–water partition coefficient (Wildman–Crippen LogP) is 5.70. The Hall–Kier alpha value is -2.79. The lowest BCUT2D eigenvalue weighted by Crippen LogP contribution is -2.14. The number of amides is 2. The van der Waals surface area contributed by atoms with Crippen molar-refractivity contribution in [3.05, 3.63) is 66.7 Å². The lowest BCUT2D eigenvalue weighted by Gasteiger charge is -2.08. The first-order valence-corrected chi connectivity index (χ1v) is 10.4. The quantitative estimate of drug-likeness (QED) is 0.484. The van der Waals surface area contributed by atoms with Gasteiger partial charge in [-0.3, -0.25) is 9.59 Å². The van der Waals surface area contributed by atoms with E-state index < -0.39 is 0 Å². The highest BCUT2D eigenvalue weighted by atomic mass is 32.2. The van der Waals surface area contributed by atoms with Crippen molar-refractivity contribution in [1.29, 1.82) is 0 Å². The van der Waals surface area contributed by atoms with Gasteiger partial charge in [0.1, 0.15) is 0 Å². The number of carbonyl (C=O) groups is 2. The van der Waals surface area contributed by atoms with Gasteiger partial charge >= 0.3 is 0 Å². The minimum Gasteiger partial charge on any atom is -0.326 e. The van der Waals surface area contributed by atoms with Gasteiger partial charge in [-0.2, -0.15) is 0 Å². The Bertz CT molecular complexity index is 971. The number of benzene rings is 3. The molecule has 0 aromatic heterocycles. The Kier molecular flexibility index (Phi) is 7.09. The Morgan fingerprint density at radius 2 is 1.57 bits per heavy atom. The van der Waals surface area contributed by atoms with Crippen molar-refractivity contribution in [2.45, 2.75) is 31.1 Å². The molecule has 28 heavy (non-hydrogen) atoms. The summed E-state index contributed by atoms with van der Waals surface area (Å²) >= 11 is 1.45. The first-order valence-electron chi connectivity index (χ1n) is 9.45. The van der Waals surface area contributed by atoms with Crippen molar-refractivity contribution in [3.8, 4) is 0 Å². The third kappa shape index (κ3) is 5.86. The van der Waals surface area contributed by atoms with Crippen LogP contribution in [0.1, 0.15) is 26.2 Å². The number of thioether (sulfide) groups is 1. The topological polar surface area (TPSA) is 58.2 Å². The normalized spacial score (nSPS) is 10.6. The number of rotatable bonds is 8. The Balaban J connectivity index is 1.53. The Morgan fingerprint density at radius 1 is 0.821 bits per heavy atom. The van der Waals surface area contributed by atoms with Gasteiger partial charge in [-0.1, -0.05) is 49.7 Å². The summed E-state index contributed by atoms with van der Waals surface area (Å²) in [6.45, 7) is 2.06. The van der Waals surface area contributed by atoms with Crippen LogP contribution in [0.15, 0.2) is 71.6 Å². The van der Waals surface area contributed by atoms with Gasteiger partial charge in [-0.25, -0.2) is 0 Å². The van der Waals surface area contributed by atoms with Crippen LogP contribution in [-0.2, 0) is 9.59 Å². The molecular formula is C23H24N2O2S. The molecule has 0 atom stereocenters. The largest absolute Gasteiger partial charge is 0.326 e. The highest BCUT2D eigenvalue weighted by Gasteiger charge is 2.06. The van der Waals surface area contributed by atoms with Crippen molar-refractivity contribution in [2.75, 3.05) is 16.4 Å². The van der Waals surface area contributed by atoms with Crippen LogP contribution < -0.4 is 10.6 Å². The lowest BCUT2D eigenvalue weighted by atomic mass is 10.1. The molecular weight excluding hydrogens is 368 g/mol. The summed E-state index contributed by atoms with van der Waals surface area (Å²) in [5.74, 6) is 0.274. The average molecular weight is 393 g/mol. The number of nitrogens with one attached hydrogen (secondary N) is 2. The summed E-state index contributed by atoms with van der Waals surface area (Å²) in [5.41, 5.74) is 1.56. The number of fused-ring (bicyclic) bond motifs is 1. The molecule has 144 valence electrons. The zero-order chi connectivity index (χ0) is 19.8. The summed E-state index contributed by atoms with van der Waals surface area (Å²) in [7, 11) is 0. The molecule has 0 aliphatic heterocycles. The lowest BCUT2D eigenvalue weighted by molar-refractivity contribution is -0.116. The van der Waals surface area contributed by atoms with E-state index in [0.717, 1.165) is 39.9 Å². The number of hydrogen-bond acceptors (Lipinski definition) is 3. The molecule has 0 saturated heterocycles. The molecule has 0 unspecified atom stereocenters. The molecule has 0 saturated carbocycles. The van der Waals surface area contributed by atoms with E-state index in [4.69, 9.17) is 0 Å². The number of carbonyl (C=O) groups excluding carboxylic acids is 2. The van der Waals surface area contributed by atoms with Gasteiger partial charge in [0.15, 0.2) is 0 Å². The van der Waals surface area contributed by atoms with Gasteiger partial charge in [0.2, 0.25) is 11.8 Å². The summed E-state index contributed by atoms with van der Waals surface area (Å²) in [6, 6.07) is 21.5. The van der Waals surface area contributed by atoms with Gasteiger partial charge in [0.25, 0.3) is 0 Å². The van der Waals surface area contributed by atoms with E-state index in [0.29, 0.717) is 12.2 Å². The molecule has 0 bridgehead atoms. The van der Waals surface area contributed by atoms with Crippen LogP contribution in [0.2, 0.25) is 0 Å². The van der Waals surface area contributed by atoms with Crippen LogP contribution in [0.5, 0.6) is 0 Å². The Labute approximate surface area is 169 Å². The summed E-state index contributed by atoms with van der Waals surface area (Å²) in [6.07, 6.45) is 2.41. The molecule has 0 aliphatic carbocycles. The monoisotopic (exact) mass is 392 g/mol. The first-order chi connectivity index (χ1) is 13.6. The first kappa shape index (κ1) is 20.0. The fraction of sp³-hybridized carbons (Fsp3) is 0.217. The maximum Gasteiger partial charge on any atom is 0.234 e. The SMILES string of the molecule is CCCCC(=O)Nc1cccc(SCC(=O)Nc2ccc3ccccc3c2)c1. The zero-order valence-electron chi connectivity index (χ0n) is 15.9. The molecule has 0 heterocycles. The number of unbranched alkanes of at least 4 members (excludes halogenated alkanes) is 1. The second-order valence-electron chi connectivity index (χ2n) is 6.58. The summed E-state index contributed by atoms with van der Waals surface area (Å²) in [4.78, 5) is 25.1. The minimum atomic E-state index is -0.0577. The molecule has 0 spiro atoms. The molecule has 0 fully saturated rings. The van der Waals surface area contributed by atoms with E-state index in [1.807, 2.05) is 66.7 Å². The fourth-order valence-electron chi connectivity index (χ4n) is 2.84. The van der Waals surface area contributed by atoms with E-state index >= 15 is 0 Å². The molecule has 2 N–H and O–H groups in total. The number of anilines is 2. The molecule has 0 aliphatic rings. The molecule has 4 nitrogen and oxygen atoms in total. The van der Waals surface area contributed by atoms with Gasteiger partial charge in [-0.15, -0.1) is 11.8 Å². The van der Waals surface area contributed by atoms with Crippen molar-refractivity contribution in [2.24, 2.45) is 0 Å². The fourth-order valence-corrected chi connectivity index (χ4v) is 3.59. The van der Waals surface area contributed by atoms with Gasteiger partial charge < -0.3 is 10.6 Å². The predicted molar refractivity (Wildman–Crippen MR) is 118 cm³/mol. The van der Waals surface area contributed by atoms with Gasteiger partial charge in [-0.05, 0) is 47.5 Å². The molecule has 3 rings (SSSR count). The molecule has 0 radical (unpaired) electrons. The third-order valence-electron chi connectivity index (χ3n) is 4.28. The van der Waals surface area contributed by atoms with Crippen LogP contribution in [0.25, 0.3) is 10.8 Å². The van der Waals surface area contributed by atoms with E-state index in [2.05, 4.69) is 17.6 Å². The van der Waals surface area contributed by atoms with Gasteiger partial charge in [0, 0.05) is 22.7 Å². The number of hydrogen-bond donors (Lipinski definition) is 2. The van der Waals surface area contributed by atoms with Crippen LogP contribution in [0.4, 0.5) is 11.4 Å². The van der Waals surface area contributed by atoms with Crippen molar-refractivity contribution in [1.82, 2.24) is 0 Å². The van der Waals surface area contributed by atoms with Crippen LogP contribution in [0.3, 0.4) is 0 Å². The maximum absolute atomic E-state index is 12.3. The summed E-state index contributed by atoms with van der Waals surface area (Å²) < 4.78 is 0. The Morgan fingerprint density at radius 3 is 2.39 bits per heavy atom. The minimum absolute atomic E-state index is 0.0260. The van der Waals surface area contributed by atoms with Crippen molar-refractivity contribution < 1.29 is 9.59 Å². The highest BCUT2D eigenvalue weighted by molar-refractivity contribution is 8.00. The van der Waals surface area contributed by atoms with Crippen LogP contribution in [0, 0.1) is 0 Å². The highest BCUT2D eigenvalue weighted by Crippen LogP contribution is 2.23.